The second kappa shape index (κ2) is 8.68. The van der Waals surface area contributed by atoms with Crippen molar-refractivity contribution in [2.45, 2.75) is 12.2 Å². The Kier molecular flexibility index (Phi) is 6.89. The van der Waals surface area contributed by atoms with Crippen LogP contribution in [0, 0.1) is 0 Å². The minimum absolute atomic E-state index is 0.360. The Bertz CT molecular complexity index is 406. The normalized spacial score (nSPS) is 23.0. The average molecular weight is 315 g/mol. The summed E-state index contributed by atoms with van der Waals surface area (Å²) < 4.78 is 10.9. The third-order valence-electron chi connectivity index (χ3n) is 3.31. The molecule has 0 aliphatic carbocycles. The molecule has 6 heteroatoms. The molecule has 118 valence electrons. The Labute approximate surface area is 130 Å². The van der Waals surface area contributed by atoms with E-state index in [2.05, 4.69) is 10.6 Å². The van der Waals surface area contributed by atoms with Gasteiger partial charge >= 0.3 is 0 Å². The van der Waals surface area contributed by atoms with E-state index in [4.69, 9.17) is 21.1 Å². The predicted octanol–water partition coefficient (Wildman–Crippen LogP) is 0.797. The van der Waals surface area contributed by atoms with Gasteiger partial charge in [0.1, 0.15) is 5.60 Å². The van der Waals surface area contributed by atoms with E-state index in [0.29, 0.717) is 46.1 Å². The Morgan fingerprint density at radius 2 is 2.19 bits per heavy atom. The van der Waals surface area contributed by atoms with Crippen LogP contribution in [0.15, 0.2) is 24.3 Å². The summed E-state index contributed by atoms with van der Waals surface area (Å²) in [7, 11) is 0. The van der Waals surface area contributed by atoms with Gasteiger partial charge in [0.05, 0.1) is 26.4 Å². The molecule has 1 fully saturated rings. The number of ether oxygens (including phenoxy) is 2. The molecule has 21 heavy (non-hydrogen) atoms. The minimum atomic E-state index is -0.841. The molecule has 5 nitrogen and oxygen atoms in total. The quantitative estimate of drug-likeness (QED) is 0.650. The van der Waals surface area contributed by atoms with Crippen molar-refractivity contribution in [3.8, 4) is 0 Å². The van der Waals surface area contributed by atoms with Crippen molar-refractivity contribution in [3.05, 3.63) is 34.9 Å². The predicted molar refractivity (Wildman–Crippen MR) is 82.6 cm³/mol. The number of hydrogen-bond donors (Lipinski definition) is 3. The molecule has 1 atom stereocenters. The van der Waals surface area contributed by atoms with Gasteiger partial charge < -0.3 is 25.2 Å². The number of aliphatic hydroxyl groups is 1. The molecule has 0 radical (unpaired) electrons. The van der Waals surface area contributed by atoms with Crippen molar-refractivity contribution < 1.29 is 14.6 Å². The lowest BCUT2D eigenvalue weighted by Crippen LogP contribution is -2.50. The lowest BCUT2D eigenvalue weighted by molar-refractivity contribution is -0.0271. The van der Waals surface area contributed by atoms with Gasteiger partial charge in [0.15, 0.2) is 0 Å². The third kappa shape index (κ3) is 6.30. The highest BCUT2D eigenvalue weighted by Crippen LogP contribution is 2.10. The first-order chi connectivity index (χ1) is 10.2. The second-order valence-corrected chi connectivity index (χ2v) is 5.75. The van der Waals surface area contributed by atoms with Gasteiger partial charge in [-0.15, -0.1) is 0 Å². The lowest BCUT2D eigenvalue weighted by Gasteiger charge is -2.26. The summed E-state index contributed by atoms with van der Waals surface area (Å²) in [4.78, 5) is 0. The first-order valence-electron chi connectivity index (χ1n) is 7.22. The van der Waals surface area contributed by atoms with Gasteiger partial charge in [0, 0.05) is 31.2 Å². The zero-order valence-corrected chi connectivity index (χ0v) is 12.9. The molecule has 3 N–H and O–H groups in total. The molecular weight excluding hydrogens is 292 g/mol. The van der Waals surface area contributed by atoms with Crippen molar-refractivity contribution in [1.29, 1.82) is 0 Å². The van der Waals surface area contributed by atoms with Gasteiger partial charge in [0.2, 0.25) is 0 Å². The van der Waals surface area contributed by atoms with Gasteiger partial charge in [-0.25, -0.2) is 0 Å². The molecule has 1 aromatic carbocycles. The highest BCUT2D eigenvalue weighted by atomic mass is 35.5. The van der Waals surface area contributed by atoms with Crippen LogP contribution in [-0.2, 0) is 16.1 Å². The zero-order valence-electron chi connectivity index (χ0n) is 12.1. The highest BCUT2D eigenvalue weighted by Gasteiger charge is 2.28. The van der Waals surface area contributed by atoms with E-state index >= 15 is 0 Å². The van der Waals surface area contributed by atoms with Crippen molar-refractivity contribution in [1.82, 2.24) is 10.6 Å². The maximum absolute atomic E-state index is 10.3. The van der Waals surface area contributed by atoms with Gasteiger partial charge in [-0.1, -0.05) is 23.7 Å². The van der Waals surface area contributed by atoms with E-state index in [0.717, 1.165) is 17.1 Å². The standard InChI is InChI=1S/C15H23ClN2O3/c16-14-3-1-13(2-4-14)9-20-7-5-17-10-15(19)11-18-6-8-21-12-15/h1-4,17-19H,5-12H2/t15-/m1/s1. The fourth-order valence-electron chi connectivity index (χ4n) is 2.13. The van der Waals surface area contributed by atoms with Crippen LogP contribution in [0.3, 0.4) is 0 Å². The SMILES string of the molecule is O[C@]1(CNCCOCc2ccc(Cl)cc2)CNCCOC1. The molecule has 0 saturated carbocycles. The second-order valence-electron chi connectivity index (χ2n) is 5.31. The van der Waals surface area contributed by atoms with Crippen LogP contribution in [0.1, 0.15) is 5.56 Å². The minimum Gasteiger partial charge on any atom is -0.385 e. The van der Waals surface area contributed by atoms with Crippen molar-refractivity contribution in [3.63, 3.8) is 0 Å². The van der Waals surface area contributed by atoms with Crippen molar-refractivity contribution in [2.75, 3.05) is 46.0 Å². The fourth-order valence-corrected chi connectivity index (χ4v) is 2.25. The van der Waals surface area contributed by atoms with Crippen LogP contribution >= 0.6 is 11.6 Å². The summed E-state index contributed by atoms with van der Waals surface area (Å²) in [6.07, 6.45) is 0. The first kappa shape index (κ1) is 16.7. The summed E-state index contributed by atoms with van der Waals surface area (Å²) in [5.74, 6) is 0. The summed E-state index contributed by atoms with van der Waals surface area (Å²) in [5.41, 5.74) is 0.256. The summed E-state index contributed by atoms with van der Waals surface area (Å²) in [6.45, 7) is 4.67. The van der Waals surface area contributed by atoms with E-state index in [1.54, 1.807) is 0 Å². The Hall–Kier alpha value is -0.690. The lowest BCUT2D eigenvalue weighted by atomic mass is 10.1. The Balaban J connectivity index is 1.56. The molecule has 1 aliphatic rings. The molecule has 0 unspecified atom stereocenters. The Morgan fingerprint density at radius 1 is 1.38 bits per heavy atom. The third-order valence-corrected chi connectivity index (χ3v) is 3.56. The molecule has 1 aromatic rings. The van der Waals surface area contributed by atoms with Crippen LogP contribution in [0.5, 0.6) is 0 Å². The van der Waals surface area contributed by atoms with Gasteiger partial charge in [-0.05, 0) is 17.7 Å². The van der Waals surface area contributed by atoms with Crippen LogP contribution in [0.2, 0.25) is 5.02 Å². The monoisotopic (exact) mass is 314 g/mol. The summed E-state index contributed by atoms with van der Waals surface area (Å²) in [5, 5.41) is 17.4. The van der Waals surface area contributed by atoms with E-state index in [1.807, 2.05) is 24.3 Å². The number of benzene rings is 1. The molecule has 0 amide bonds. The maximum atomic E-state index is 10.3. The van der Waals surface area contributed by atoms with Crippen LogP contribution in [-0.4, -0.2) is 56.7 Å². The molecule has 1 aliphatic heterocycles. The van der Waals surface area contributed by atoms with E-state index in [1.165, 1.54) is 0 Å². The smallest absolute Gasteiger partial charge is 0.113 e. The van der Waals surface area contributed by atoms with Crippen LogP contribution < -0.4 is 10.6 Å². The van der Waals surface area contributed by atoms with E-state index in [9.17, 15) is 5.11 Å². The number of hydrogen-bond acceptors (Lipinski definition) is 5. The molecule has 0 bridgehead atoms. The first-order valence-corrected chi connectivity index (χ1v) is 7.60. The van der Waals surface area contributed by atoms with Crippen molar-refractivity contribution >= 4 is 11.6 Å². The molecule has 1 saturated heterocycles. The number of halogens is 1. The summed E-state index contributed by atoms with van der Waals surface area (Å²) in [6, 6.07) is 7.61. The molecule has 2 rings (SSSR count). The number of nitrogens with one attached hydrogen (secondary N) is 2. The van der Waals surface area contributed by atoms with E-state index < -0.39 is 5.60 Å². The van der Waals surface area contributed by atoms with Crippen LogP contribution in [0.4, 0.5) is 0 Å². The highest BCUT2D eigenvalue weighted by molar-refractivity contribution is 6.30. The van der Waals surface area contributed by atoms with Gasteiger partial charge in [0.25, 0.3) is 0 Å². The topological polar surface area (TPSA) is 62.8 Å². The zero-order chi connectivity index (χ0) is 15.0. The molecular formula is C15H23ClN2O3. The fraction of sp³-hybridized carbons (Fsp3) is 0.600. The molecule has 0 aromatic heterocycles. The number of rotatable bonds is 7. The number of β-amino-alcohol motifs (C(OH)–C–C–N with tert-alkyl or cyclic N) is 1. The Morgan fingerprint density at radius 3 is 3.00 bits per heavy atom. The largest absolute Gasteiger partial charge is 0.385 e. The van der Waals surface area contributed by atoms with Gasteiger partial charge in [-0.2, -0.15) is 0 Å². The average Bonchev–Trinajstić information content (AvgIpc) is 2.70. The van der Waals surface area contributed by atoms with Gasteiger partial charge in [-0.3, -0.25) is 0 Å². The van der Waals surface area contributed by atoms with E-state index in [-0.39, 0.29) is 0 Å². The maximum Gasteiger partial charge on any atom is 0.113 e. The summed E-state index contributed by atoms with van der Waals surface area (Å²) >= 11 is 5.82. The van der Waals surface area contributed by atoms with Crippen molar-refractivity contribution in [2.24, 2.45) is 0 Å². The molecule has 0 spiro atoms. The van der Waals surface area contributed by atoms with Crippen LogP contribution in [0.25, 0.3) is 0 Å². The molecule has 1 heterocycles.